The fraction of sp³-hybridized carbons (Fsp3) is 0. The molecule has 2 aromatic rings. The number of nitrogens with one attached hydrogen (secondary N) is 1. The van der Waals surface area contributed by atoms with E-state index in [9.17, 15) is 14.0 Å². The van der Waals surface area contributed by atoms with Crippen LogP contribution >= 0.6 is 11.6 Å². The minimum absolute atomic E-state index is 0.176. The van der Waals surface area contributed by atoms with E-state index in [2.05, 4.69) is 10.3 Å². The Kier molecular flexibility index (Phi) is 3.95. The van der Waals surface area contributed by atoms with Gasteiger partial charge in [0.2, 0.25) is 0 Å². The van der Waals surface area contributed by atoms with E-state index in [1.165, 1.54) is 30.5 Å². The number of hydrogen-bond donors (Lipinski definition) is 2. The highest BCUT2D eigenvalue weighted by Gasteiger charge is 2.11. The third-order valence-electron chi connectivity index (χ3n) is 2.48. The molecule has 0 radical (unpaired) electrons. The van der Waals surface area contributed by atoms with Crippen molar-refractivity contribution in [2.75, 3.05) is 5.32 Å². The predicted octanol–water partition coefficient (Wildman–Crippen LogP) is 2.23. The lowest BCUT2D eigenvalue weighted by molar-refractivity contribution is 0.0992. The molecule has 1 aromatic carbocycles. The number of nitrogens with two attached hydrogens (primary N) is 1. The number of hydrogen-bond acceptors (Lipinski definition) is 3. The lowest BCUT2D eigenvalue weighted by atomic mass is 10.1. The van der Waals surface area contributed by atoms with E-state index in [4.69, 9.17) is 17.3 Å². The van der Waals surface area contributed by atoms with Crippen LogP contribution in [-0.2, 0) is 0 Å². The Morgan fingerprint density at radius 3 is 2.65 bits per heavy atom. The van der Waals surface area contributed by atoms with E-state index in [0.717, 1.165) is 6.07 Å². The summed E-state index contributed by atoms with van der Waals surface area (Å²) in [6, 6.07) is 6.39. The number of rotatable bonds is 3. The van der Waals surface area contributed by atoms with E-state index in [1.54, 1.807) is 0 Å². The van der Waals surface area contributed by atoms with Crippen molar-refractivity contribution in [2.45, 2.75) is 0 Å². The zero-order valence-electron chi connectivity index (χ0n) is 10.1. The van der Waals surface area contributed by atoms with Crippen molar-refractivity contribution in [3.8, 4) is 0 Å². The molecule has 0 unspecified atom stereocenters. The number of anilines is 1. The number of nitrogens with zero attached hydrogens (tertiary/aromatic N) is 1. The number of carbonyl (C=O) groups excluding carboxylic acids is 2. The van der Waals surface area contributed by atoms with E-state index in [0.29, 0.717) is 0 Å². The summed E-state index contributed by atoms with van der Waals surface area (Å²) in [7, 11) is 0. The Morgan fingerprint density at radius 2 is 2.00 bits per heavy atom. The predicted molar refractivity (Wildman–Crippen MR) is 72.1 cm³/mol. The molecule has 7 heteroatoms. The lowest BCUT2D eigenvalue weighted by Gasteiger charge is -2.07. The monoisotopic (exact) mass is 293 g/mol. The number of amides is 2. The highest BCUT2D eigenvalue weighted by atomic mass is 35.5. The van der Waals surface area contributed by atoms with Crippen molar-refractivity contribution in [1.29, 1.82) is 0 Å². The smallest absolute Gasteiger partial charge is 0.255 e. The van der Waals surface area contributed by atoms with Crippen LogP contribution in [0.5, 0.6) is 0 Å². The van der Waals surface area contributed by atoms with Crippen molar-refractivity contribution < 1.29 is 14.0 Å². The van der Waals surface area contributed by atoms with Gasteiger partial charge in [0.1, 0.15) is 11.0 Å². The van der Waals surface area contributed by atoms with E-state index >= 15 is 0 Å². The molecule has 5 nitrogen and oxygen atoms in total. The Labute approximate surface area is 118 Å². The lowest BCUT2D eigenvalue weighted by Crippen LogP contribution is -2.16. The molecular formula is C13H9ClFN3O2. The van der Waals surface area contributed by atoms with Crippen LogP contribution in [0.15, 0.2) is 36.5 Å². The first-order chi connectivity index (χ1) is 9.47. The summed E-state index contributed by atoms with van der Waals surface area (Å²) in [5.74, 6) is -2.12. The van der Waals surface area contributed by atoms with Gasteiger partial charge in [0.05, 0.1) is 5.56 Å². The summed E-state index contributed by atoms with van der Waals surface area (Å²) in [5.41, 5.74) is 5.27. The van der Waals surface area contributed by atoms with E-state index in [-0.39, 0.29) is 22.0 Å². The average molecular weight is 294 g/mol. The quantitative estimate of drug-likeness (QED) is 0.851. The van der Waals surface area contributed by atoms with Crippen molar-refractivity contribution >= 4 is 29.1 Å². The standard InChI is InChI=1S/C13H9ClFN3O2/c14-11-5-7(3-4-17-11)13(20)18-8-1-2-10(15)9(6-8)12(16)19/h1-6H,(H2,16,19)(H,18,20). The molecule has 1 heterocycles. The Hall–Kier alpha value is -2.47. The summed E-state index contributed by atoms with van der Waals surface area (Å²) in [6.45, 7) is 0. The first kappa shape index (κ1) is 14.0. The molecule has 102 valence electrons. The van der Waals surface area contributed by atoms with E-state index in [1.807, 2.05) is 0 Å². The minimum atomic E-state index is -0.912. The SMILES string of the molecule is NC(=O)c1cc(NC(=O)c2ccnc(Cl)c2)ccc1F. The second kappa shape index (κ2) is 5.66. The minimum Gasteiger partial charge on any atom is -0.366 e. The molecule has 0 aliphatic carbocycles. The zero-order chi connectivity index (χ0) is 14.7. The number of halogens is 2. The van der Waals surface area contributed by atoms with Crippen LogP contribution in [-0.4, -0.2) is 16.8 Å². The van der Waals surface area contributed by atoms with Gasteiger partial charge >= 0.3 is 0 Å². The van der Waals surface area contributed by atoms with Gasteiger partial charge in [-0.3, -0.25) is 9.59 Å². The van der Waals surface area contributed by atoms with Crippen LogP contribution in [0.2, 0.25) is 5.15 Å². The normalized spacial score (nSPS) is 10.1. The number of carbonyl (C=O) groups is 2. The van der Waals surface area contributed by atoms with Gasteiger partial charge in [0.25, 0.3) is 11.8 Å². The maximum Gasteiger partial charge on any atom is 0.255 e. The molecular weight excluding hydrogens is 285 g/mol. The summed E-state index contributed by atoms with van der Waals surface area (Å²) in [5, 5.41) is 2.68. The fourth-order valence-electron chi connectivity index (χ4n) is 1.54. The molecule has 0 aliphatic heterocycles. The van der Waals surface area contributed by atoms with Crippen molar-refractivity contribution in [3.63, 3.8) is 0 Å². The van der Waals surface area contributed by atoms with Gasteiger partial charge in [0, 0.05) is 17.4 Å². The third-order valence-corrected chi connectivity index (χ3v) is 2.69. The maximum absolute atomic E-state index is 13.3. The van der Waals surface area contributed by atoms with Gasteiger partial charge in [-0.15, -0.1) is 0 Å². The number of benzene rings is 1. The number of pyridine rings is 1. The molecule has 2 rings (SSSR count). The van der Waals surface area contributed by atoms with Crippen LogP contribution in [0.1, 0.15) is 20.7 Å². The van der Waals surface area contributed by atoms with Gasteiger partial charge < -0.3 is 11.1 Å². The highest BCUT2D eigenvalue weighted by Crippen LogP contribution is 2.16. The third kappa shape index (κ3) is 3.10. The molecule has 1 aromatic heterocycles. The van der Waals surface area contributed by atoms with Gasteiger partial charge in [-0.1, -0.05) is 11.6 Å². The molecule has 0 atom stereocenters. The second-order valence-corrected chi connectivity index (χ2v) is 4.27. The van der Waals surface area contributed by atoms with Gasteiger partial charge in [-0.25, -0.2) is 9.37 Å². The van der Waals surface area contributed by atoms with Crippen molar-refractivity contribution in [2.24, 2.45) is 5.73 Å². The average Bonchev–Trinajstić information content (AvgIpc) is 2.40. The van der Waals surface area contributed by atoms with Crippen LogP contribution in [0, 0.1) is 5.82 Å². The van der Waals surface area contributed by atoms with Gasteiger partial charge in [-0.05, 0) is 30.3 Å². The second-order valence-electron chi connectivity index (χ2n) is 3.88. The Bertz CT molecular complexity index is 691. The van der Waals surface area contributed by atoms with Gasteiger partial charge in [-0.2, -0.15) is 0 Å². The van der Waals surface area contributed by atoms with Crippen LogP contribution in [0.4, 0.5) is 10.1 Å². The van der Waals surface area contributed by atoms with Crippen molar-refractivity contribution in [1.82, 2.24) is 4.98 Å². The zero-order valence-corrected chi connectivity index (χ0v) is 10.8. The summed E-state index contributed by atoms with van der Waals surface area (Å²) >= 11 is 5.68. The van der Waals surface area contributed by atoms with Crippen LogP contribution in [0.3, 0.4) is 0 Å². The Balaban J connectivity index is 2.24. The largest absolute Gasteiger partial charge is 0.366 e. The maximum atomic E-state index is 13.3. The first-order valence-corrected chi connectivity index (χ1v) is 5.87. The highest BCUT2D eigenvalue weighted by molar-refractivity contribution is 6.29. The fourth-order valence-corrected chi connectivity index (χ4v) is 1.71. The van der Waals surface area contributed by atoms with Gasteiger partial charge in [0.15, 0.2) is 0 Å². The molecule has 0 spiro atoms. The molecule has 0 saturated carbocycles. The Morgan fingerprint density at radius 1 is 1.25 bits per heavy atom. The summed E-state index contributed by atoms with van der Waals surface area (Å²) < 4.78 is 13.3. The molecule has 0 aliphatic rings. The van der Waals surface area contributed by atoms with Crippen LogP contribution in [0.25, 0.3) is 0 Å². The summed E-state index contributed by atoms with van der Waals surface area (Å²) in [4.78, 5) is 26.7. The molecule has 0 saturated heterocycles. The first-order valence-electron chi connectivity index (χ1n) is 5.49. The molecule has 3 N–H and O–H groups in total. The summed E-state index contributed by atoms with van der Waals surface area (Å²) in [6.07, 6.45) is 1.39. The molecule has 0 fully saturated rings. The van der Waals surface area contributed by atoms with Crippen LogP contribution < -0.4 is 11.1 Å². The molecule has 20 heavy (non-hydrogen) atoms. The van der Waals surface area contributed by atoms with E-state index < -0.39 is 17.6 Å². The molecule has 0 bridgehead atoms. The van der Waals surface area contributed by atoms with Crippen molar-refractivity contribution in [3.05, 3.63) is 58.6 Å². The molecule has 2 amide bonds. The topological polar surface area (TPSA) is 85.1 Å². The number of primary amides is 1. The number of aromatic nitrogens is 1.